The number of para-hydroxylation sites is 1. The topological polar surface area (TPSA) is 76.0 Å². The smallest absolute Gasteiger partial charge is 0.285 e. The van der Waals surface area contributed by atoms with E-state index in [1.54, 1.807) is 47.4 Å². The predicted octanol–water partition coefficient (Wildman–Crippen LogP) is 3.67. The van der Waals surface area contributed by atoms with Gasteiger partial charge in [-0.1, -0.05) is 47.1 Å². The van der Waals surface area contributed by atoms with Crippen molar-refractivity contribution in [3.05, 3.63) is 58.6 Å². The molecule has 2 fully saturated rings. The van der Waals surface area contributed by atoms with Gasteiger partial charge in [0.1, 0.15) is 5.75 Å². The van der Waals surface area contributed by atoms with Crippen LogP contribution < -0.4 is 9.64 Å². The number of fused-ring (bicyclic) bond motifs is 1. The molecule has 6 nitrogen and oxygen atoms in total. The van der Waals surface area contributed by atoms with E-state index in [-0.39, 0.29) is 29.4 Å². The Morgan fingerprint density at radius 1 is 1.14 bits per heavy atom. The Morgan fingerprint density at radius 2 is 1.86 bits per heavy atom. The Labute approximate surface area is 182 Å². The van der Waals surface area contributed by atoms with Crippen LogP contribution in [0.5, 0.6) is 5.75 Å². The summed E-state index contributed by atoms with van der Waals surface area (Å²) in [5.41, 5.74) is 0.636. The van der Waals surface area contributed by atoms with Gasteiger partial charge in [-0.2, -0.15) is 4.99 Å². The fraction of sp³-hybridized carbons (Fsp3) is 0.263. The van der Waals surface area contributed by atoms with Crippen LogP contribution in [0.25, 0.3) is 0 Å². The van der Waals surface area contributed by atoms with Gasteiger partial charge < -0.3 is 9.64 Å². The largest absolute Gasteiger partial charge is 0.484 e. The molecule has 2 saturated heterocycles. The first-order valence-corrected chi connectivity index (χ1v) is 12.2. The first-order valence-electron chi connectivity index (χ1n) is 8.73. The van der Waals surface area contributed by atoms with Crippen LogP contribution in [-0.4, -0.2) is 48.9 Å². The van der Waals surface area contributed by atoms with Crippen LogP contribution in [0, 0.1) is 0 Å². The minimum absolute atomic E-state index is 0.00434. The number of sulfone groups is 1. The fourth-order valence-corrected chi connectivity index (χ4v) is 7.59. The molecule has 0 unspecified atom stereocenters. The van der Waals surface area contributed by atoms with Gasteiger partial charge in [-0.3, -0.25) is 4.79 Å². The lowest BCUT2D eigenvalue weighted by Crippen LogP contribution is -2.38. The van der Waals surface area contributed by atoms with Gasteiger partial charge >= 0.3 is 0 Å². The maximum absolute atomic E-state index is 12.4. The molecular formula is C19H16Cl2N2O4S2. The summed E-state index contributed by atoms with van der Waals surface area (Å²) in [5, 5.41) is 1.28. The third kappa shape index (κ3) is 4.55. The van der Waals surface area contributed by atoms with E-state index in [1.165, 1.54) is 11.8 Å². The average Bonchev–Trinajstić information content (AvgIpc) is 3.13. The first kappa shape index (κ1) is 20.5. The number of hydrogen-bond acceptors (Lipinski definition) is 5. The zero-order chi connectivity index (χ0) is 20.6. The predicted molar refractivity (Wildman–Crippen MR) is 117 cm³/mol. The van der Waals surface area contributed by atoms with Gasteiger partial charge in [-0.05, 0) is 36.4 Å². The number of nitrogens with zero attached hydrogens (tertiary/aromatic N) is 2. The van der Waals surface area contributed by atoms with Crippen molar-refractivity contribution in [2.24, 2.45) is 4.99 Å². The number of carbonyl (C=O) groups is 1. The number of amidine groups is 1. The van der Waals surface area contributed by atoms with Gasteiger partial charge in [-0.15, -0.1) is 0 Å². The Hall–Kier alpha value is -1.74. The average molecular weight is 471 g/mol. The molecule has 0 aromatic heterocycles. The van der Waals surface area contributed by atoms with Gasteiger partial charge in [-0.25, -0.2) is 8.42 Å². The van der Waals surface area contributed by atoms with Crippen molar-refractivity contribution in [2.45, 2.75) is 11.3 Å². The van der Waals surface area contributed by atoms with Crippen LogP contribution in [0.3, 0.4) is 0 Å². The summed E-state index contributed by atoms with van der Waals surface area (Å²) in [7, 11) is -3.14. The quantitative estimate of drug-likeness (QED) is 0.678. The number of rotatable bonds is 4. The van der Waals surface area contributed by atoms with E-state index in [0.717, 1.165) is 0 Å². The van der Waals surface area contributed by atoms with Crippen molar-refractivity contribution >= 4 is 61.6 Å². The lowest BCUT2D eigenvalue weighted by atomic mass is 10.2. The zero-order valence-electron chi connectivity index (χ0n) is 15.0. The van der Waals surface area contributed by atoms with Gasteiger partial charge in [0.2, 0.25) is 0 Å². The molecule has 152 valence electrons. The van der Waals surface area contributed by atoms with Crippen LogP contribution >= 0.6 is 35.0 Å². The number of carbonyl (C=O) groups excluding carboxylic acids is 1. The molecule has 0 saturated carbocycles. The lowest BCUT2D eigenvalue weighted by Gasteiger charge is -2.25. The minimum Gasteiger partial charge on any atom is -0.484 e. The number of benzene rings is 2. The van der Waals surface area contributed by atoms with Crippen molar-refractivity contribution in [3.8, 4) is 5.75 Å². The molecule has 0 N–H and O–H groups in total. The molecule has 0 spiro atoms. The van der Waals surface area contributed by atoms with Crippen LogP contribution in [0.1, 0.15) is 0 Å². The number of hydrogen-bond donors (Lipinski definition) is 0. The summed E-state index contributed by atoms with van der Waals surface area (Å²) < 4.78 is 29.7. The third-order valence-corrected chi connectivity index (χ3v) is 8.36. The Morgan fingerprint density at radius 3 is 2.59 bits per heavy atom. The molecule has 1 amide bonds. The second-order valence-electron chi connectivity index (χ2n) is 6.65. The summed E-state index contributed by atoms with van der Waals surface area (Å²) >= 11 is 13.5. The van der Waals surface area contributed by atoms with Crippen LogP contribution in [0.15, 0.2) is 53.5 Å². The molecule has 2 atom stereocenters. The number of amides is 1. The van der Waals surface area contributed by atoms with E-state index < -0.39 is 15.7 Å². The SMILES string of the molecule is O=C(COc1ccc(Cl)cc1)N=C1S[C@H]2CS(=O)(=O)C[C@@H]2N1c1ccccc1Cl. The van der Waals surface area contributed by atoms with Crippen molar-refractivity contribution in [1.29, 1.82) is 0 Å². The number of ether oxygens (including phenoxy) is 1. The summed E-state index contributed by atoms with van der Waals surface area (Å²) in [6, 6.07) is 13.5. The number of aliphatic imine (C=N–C) groups is 1. The fourth-order valence-electron chi connectivity index (χ4n) is 3.31. The van der Waals surface area contributed by atoms with Gasteiger partial charge in [0.05, 0.1) is 28.3 Å². The molecule has 29 heavy (non-hydrogen) atoms. The van der Waals surface area contributed by atoms with E-state index >= 15 is 0 Å². The molecule has 0 aliphatic carbocycles. The molecule has 2 aromatic carbocycles. The van der Waals surface area contributed by atoms with Crippen molar-refractivity contribution in [2.75, 3.05) is 23.0 Å². The number of thioether (sulfide) groups is 1. The molecule has 10 heteroatoms. The van der Waals surface area contributed by atoms with Gasteiger partial charge in [0.15, 0.2) is 21.6 Å². The van der Waals surface area contributed by atoms with E-state index in [9.17, 15) is 13.2 Å². The van der Waals surface area contributed by atoms with Crippen molar-refractivity contribution < 1.29 is 17.9 Å². The summed E-state index contributed by atoms with van der Waals surface area (Å²) in [6.07, 6.45) is 0. The zero-order valence-corrected chi connectivity index (χ0v) is 18.1. The standard InChI is InChI=1S/C19H16Cl2N2O4S2/c20-12-5-7-13(8-6-12)27-9-18(24)22-19-23(15-4-2-1-3-14(15)21)16-10-29(25,26)11-17(16)28-19/h1-8,16-17H,9-11H2/t16-,17-/m0/s1. The third-order valence-electron chi connectivity index (χ3n) is 4.57. The van der Waals surface area contributed by atoms with Crippen molar-refractivity contribution in [3.63, 3.8) is 0 Å². The van der Waals surface area contributed by atoms with E-state index in [2.05, 4.69) is 4.99 Å². The molecule has 4 rings (SSSR count). The molecule has 2 aromatic rings. The normalized spacial score (nSPS) is 23.9. The lowest BCUT2D eigenvalue weighted by molar-refractivity contribution is -0.119. The highest BCUT2D eigenvalue weighted by atomic mass is 35.5. The summed E-state index contributed by atoms with van der Waals surface area (Å²) in [5.74, 6) is 0.0950. The highest BCUT2D eigenvalue weighted by molar-refractivity contribution is 8.16. The molecule has 2 aliphatic heterocycles. The minimum atomic E-state index is -3.14. The number of halogens is 2. The van der Waals surface area contributed by atoms with Crippen LogP contribution in [0.4, 0.5) is 5.69 Å². The Kier molecular flexibility index (Phi) is 5.79. The van der Waals surface area contributed by atoms with Crippen LogP contribution in [0.2, 0.25) is 10.0 Å². The van der Waals surface area contributed by atoms with E-state index in [0.29, 0.717) is 26.6 Å². The molecule has 2 heterocycles. The molecular weight excluding hydrogens is 455 g/mol. The number of anilines is 1. The second-order valence-corrected chi connectivity index (χ2v) is 10.9. The van der Waals surface area contributed by atoms with Crippen molar-refractivity contribution in [1.82, 2.24) is 0 Å². The highest BCUT2D eigenvalue weighted by Gasteiger charge is 2.49. The summed E-state index contributed by atoms with van der Waals surface area (Å²) in [4.78, 5) is 18.4. The Bertz CT molecular complexity index is 1070. The molecule has 2 aliphatic rings. The molecule has 0 radical (unpaired) electrons. The maximum Gasteiger partial charge on any atom is 0.285 e. The monoisotopic (exact) mass is 470 g/mol. The summed E-state index contributed by atoms with van der Waals surface area (Å²) in [6.45, 7) is -0.240. The van der Waals surface area contributed by atoms with E-state index in [4.69, 9.17) is 27.9 Å². The van der Waals surface area contributed by atoms with Gasteiger partial charge in [0.25, 0.3) is 5.91 Å². The first-order chi connectivity index (χ1) is 13.8. The van der Waals surface area contributed by atoms with E-state index in [1.807, 2.05) is 6.07 Å². The van der Waals surface area contributed by atoms with Crippen LogP contribution in [-0.2, 0) is 14.6 Å². The Balaban J connectivity index is 1.57. The maximum atomic E-state index is 12.4. The molecule has 0 bridgehead atoms. The second kappa shape index (κ2) is 8.18. The van der Waals surface area contributed by atoms with Gasteiger partial charge in [0, 0.05) is 10.3 Å². The highest BCUT2D eigenvalue weighted by Crippen LogP contribution is 2.42.